The third kappa shape index (κ3) is 4.62. The molecule has 3 N–H and O–H groups in total. The molecule has 1 aliphatic heterocycles. The third-order valence-corrected chi connectivity index (χ3v) is 2.93. The highest BCUT2D eigenvalue weighted by Gasteiger charge is 2.29. The number of nitrogens with two attached hydrogens (primary N) is 1. The Hall–Kier alpha value is -0.880. The second kappa shape index (κ2) is 8.32. The van der Waals surface area contributed by atoms with E-state index in [0.29, 0.717) is 6.54 Å². The predicted molar refractivity (Wildman–Crippen MR) is 79.0 cm³/mol. The van der Waals surface area contributed by atoms with Gasteiger partial charge >= 0.3 is 0 Å². The molecule has 1 aromatic heterocycles. The average molecular weight is 308 g/mol. The van der Waals surface area contributed by atoms with Gasteiger partial charge in [-0.3, -0.25) is 9.78 Å². The van der Waals surface area contributed by atoms with Crippen LogP contribution < -0.4 is 11.1 Å². The molecule has 0 saturated carbocycles. The molecule has 5 nitrogen and oxygen atoms in total. The number of carbonyl (C=O) groups is 1. The van der Waals surface area contributed by atoms with Gasteiger partial charge in [-0.15, -0.1) is 24.8 Å². The number of nitrogens with zero attached hydrogens (tertiary/aromatic N) is 1. The molecule has 1 saturated heterocycles. The van der Waals surface area contributed by atoms with Crippen molar-refractivity contribution < 1.29 is 9.53 Å². The Kier molecular flexibility index (Phi) is 7.94. The van der Waals surface area contributed by atoms with Crippen LogP contribution in [0.2, 0.25) is 0 Å². The molecule has 0 unspecified atom stereocenters. The van der Waals surface area contributed by atoms with E-state index in [2.05, 4.69) is 10.3 Å². The van der Waals surface area contributed by atoms with E-state index < -0.39 is 0 Å². The summed E-state index contributed by atoms with van der Waals surface area (Å²) in [5.41, 5.74) is 7.04. The van der Waals surface area contributed by atoms with Gasteiger partial charge in [0.05, 0.1) is 17.5 Å². The Bertz CT molecular complexity index is 418. The first-order valence-corrected chi connectivity index (χ1v) is 5.78. The molecule has 19 heavy (non-hydrogen) atoms. The number of nitrogens with one attached hydrogen (secondary N) is 1. The maximum atomic E-state index is 11.9. The number of pyridine rings is 1. The fourth-order valence-corrected chi connectivity index (χ4v) is 1.90. The van der Waals surface area contributed by atoms with Gasteiger partial charge in [-0.1, -0.05) is 0 Å². The van der Waals surface area contributed by atoms with Crippen molar-refractivity contribution in [2.24, 2.45) is 5.73 Å². The molecule has 1 amide bonds. The van der Waals surface area contributed by atoms with Crippen molar-refractivity contribution in [3.05, 3.63) is 24.0 Å². The summed E-state index contributed by atoms with van der Waals surface area (Å²) in [6.07, 6.45) is 2.90. The van der Waals surface area contributed by atoms with Crippen LogP contribution in [-0.4, -0.2) is 29.6 Å². The summed E-state index contributed by atoms with van der Waals surface area (Å²) in [5.74, 6) is -0.114. The van der Waals surface area contributed by atoms with E-state index in [4.69, 9.17) is 10.5 Å². The molecule has 0 bridgehead atoms. The highest BCUT2D eigenvalue weighted by Crippen LogP contribution is 2.21. The molecule has 1 fully saturated rings. The molecule has 1 aliphatic rings. The minimum absolute atomic E-state index is 0. The van der Waals surface area contributed by atoms with Crippen molar-refractivity contribution in [3.8, 4) is 0 Å². The maximum Gasteiger partial charge on any atom is 0.253 e. The molecular formula is C12H19Cl2N3O2. The molecular weight excluding hydrogens is 289 g/mol. The lowest BCUT2D eigenvalue weighted by atomic mass is 10.2. The first-order chi connectivity index (χ1) is 8.20. The number of hydrogen-bond acceptors (Lipinski definition) is 4. The standard InChI is InChI=1S/C12H17N3O2.2ClH/c1-8-10(3-2-6-14-8)15-12(16)11-5-4-9(7-13)17-11;;/h2-3,6,9,11H,4-5,7,13H2,1H3,(H,15,16);2*1H/t9-,11+;;/m1../s1. The Labute approximate surface area is 125 Å². The van der Waals surface area contributed by atoms with Crippen LogP contribution in [0.1, 0.15) is 18.5 Å². The van der Waals surface area contributed by atoms with Crippen LogP contribution in [0.5, 0.6) is 0 Å². The van der Waals surface area contributed by atoms with Crippen LogP contribution in [0, 0.1) is 6.92 Å². The Morgan fingerprint density at radius 2 is 2.26 bits per heavy atom. The van der Waals surface area contributed by atoms with Gasteiger partial charge in [-0.25, -0.2) is 0 Å². The molecule has 0 aromatic carbocycles. The van der Waals surface area contributed by atoms with Crippen molar-refractivity contribution >= 4 is 36.4 Å². The number of amides is 1. The van der Waals surface area contributed by atoms with Gasteiger partial charge in [0, 0.05) is 12.7 Å². The summed E-state index contributed by atoms with van der Waals surface area (Å²) < 4.78 is 5.53. The third-order valence-electron chi connectivity index (χ3n) is 2.93. The minimum Gasteiger partial charge on any atom is -0.364 e. The molecule has 0 spiro atoms. The molecule has 108 valence electrons. The quantitative estimate of drug-likeness (QED) is 0.890. The van der Waals surface area contributed by atoms with Crippen LogP contribution in [0.25, 0.3) is 0 Å². The minimum atomic E-state index is -0.386. The summed E-state index contributed by atoms with van der Waals surface area (Å²) in [7, 11) is 0. The van der Waals surface area contributed by atoms with E-state index in [9.17, 15) is 4.79 Å². The SMILES string of the molecule is Cc1ncccc1NC(=O)[C@@H]1CC[C@H](CN)O1.Cl.Cl. The lowest BCUT2D eigenvalue weighted by molar-refractivity contribution is -0.126. The zero-order valence-electron chi connectivity index (χ0n) is 10.7. The molecule has 0 aliphatic carbocycles. The van der Waals surface area contributed by atoms with Gasteiger partial charge in [0.1, 0.15) is 6.10 Å². The van der Waals surface area contributed by atoms with Gasteiger partial charge in [0.15, 0.2) is 0 Å². The highest BCUT2D eigenvalue weighted by molar-refractivity contribution is 5.94. The van der Waals surface area contributed by atoms with E-state index in [1.54, 1.807) is 12.3 Å². The Morgan fingerprint density at radius 1 is 1.53 bits per heavy atom. The van der Waals surface area contributed by atoms with E-state index in [-0.39, 0.29) is 42.9 Å². The Morgan fingerprint density at radius 3 is 2.84 bits per heavy atom. The first kappa shape index (κ1) is 18.1. The zero-order valence-corrected chi connectivity index (χ0v) is 12.3. The van der Waals surface area contributed by atoms with Gasteiger partial charge in [-0.05, 0) is 31.9 Å². The van der Waals surface area contributed by atoms with Gasteiger partial charge < -0.3 is 15.8 Å². The lowest BCUT2D eigenvalue weighted by Gasteiger charge is -2.13. The van der Waals surface area contributed by atoms with Crippen molar-refractivity contribution in [2.75, 3.05) is 11.9 Å². The summed E-state index contributed by atoms with van der Waals surface area (Å²) in [5, 5.41) is 2.83. The number of rotatable bonds is 3. The van der Waals surface area contributed by atoms with E-state index in [1.165, 1.54) is 0 Å². The van der Waals surface area contributed by atoms with Gasteiger partial charge in [0.2, 0.25) is 0 Å². The summed E-state index contributed by atoms with van der Waals surface area (Å²) in [4.78, 5) is 16.0. The van der Waals surface area contributed by atoms with E-state index in [1.807, 2.05) is 13.0 Å². The second-order valence-electron chi connectivity index (χ2n) is 4.19. The number of anilines is 1. The van der Waals surface area contributed by atoms with E-state index >= 15 is 0 Å². The summed E-state index contributed by atoms with van der Waals surface area (Å²) in [6.45, 7) is 2.32. The molecule has 2 atom stereocenters. The first-order valence-electron chi connectivity index (χ1n) is 5.78. The second-order valence-corrected chi connectivity index (χ2v) is 4.19. The fourth-order valence-electron chi connectivity index (χ4n) is 1.90. The number of aromatic nitrogens is 1. The number of carbonyl (C=O) groups excluding carboxylic acids is 1. The van der Waals surface area contributed by atoms with Crippen molar-refractivity contribution in [1.82, 2.24) is 4.98 Å². The predicted octanol–water partition coefficient (Wildman–Crippen LogP) is 1.68. The lowest BCUT2D eigenvalue weighted by Crippen LogP contribution is -2.30. The van der Waals surface area contributed by atoms with Crippen molar-refractivity contribution in [1.29, 1.82) is 0 Å². The number of ether oxygens (including phenoxy) is 1. The fraction of sp³-hybridized carbons (Fsp3) is 0.500. The van der Waals surface area contributed by atoms with Crippen molar-refractivity contribution in [3.63, 3.8) is 0 Å². The Balaban J connectivity index is 0.00000162. The largest absolute Gasteiger partial charge is 0.364 e. The topological polar surface area (TPSA) is 77.2 Å². The molecule has 2 rings (SSSR count). The smallest absolute Gasteiger partial charge is 0.253 e. The highest BCUT2D eigenvalue weighted by atomic mass is 35.5. The molecule has 2 heterocycles. The number of aryl methyl sites for hydroxylation is 1. The van der Waals surface area contributed by atoms with Crippen LogP contribution in [0.3, 0.4) is 0 Å². The van der Waals surface area contributed by atoms with Crippen molar-refractivity contribution in [2.45, 2.75) is 32.0 Å². The van der Waals surface area contributed by atoms with Crippen LogP contribution in [-0.2, 0) is 9.53 Å². The van der Waals surface area contributed by atoms with Crippen LogP contribution >= 0.6 is 24.8 Å². The van der Waals surface area contributed by atoms with E-state index in [0.717, 1.165) is 24.2 Å². The normalized spacial score (nSPS) is 21.2. The average Bonchev–Trinajstić information content (AvgIpc) is 2.81. The van der Waals surface area contributed by atoms with Gasteiger partial charge in [-0.2, -0.15) is 0 Å². The number of hydrogen-bond donors (Lipinski definition) is 2. The monoisotopic (exact) mass is 307 g/mol. The molecule has 1 aromatic rings. The maximum absolute atomic E-state index is 11.9. The van der Waals surface area contributed by atoms with Gasteiger partial charge in [0.25, 0.3) is 5.91 Å². The number of halogens is 2. The molecule has 0 radical (unpaired) electrons. The summed E-state index contributed by atoms with van der Waals surface area (Å²) in [6, 6.07) is 3.62. The molecule has 7 heteroatoms. The van der Waals surface area contributed by atoms with Crippen LogP contribution in [0.4, 0.5) is 5.69 Å². The zero-order chi connectivity index (χ0) is 12.3. The summed E-state index contributed by atoms with van der Waals surface area (Å²) >= 11 is 0. The van der Waals surface area contributed by atoms with Crippen LogP contribution in [0.15, 0.2) is 18.3 Å².